The van der Waals surface area contributed by atoms with Crippen molar-refractivity contribution in [3.63, 3.8) is 0 Å². The third-order valence-electron chi connectivity index (χ3n) is 3.05. The Labute approximate surface area is 119 Å². The molecule has 0 atom stereocenters. The molecule has 0 aliphatic heterocycles. The lowest BCUT2D eigenvalue weighted by molar-refractivity contribution is -0.123. The Bertz CT molecular complexity index is 596. The Morgan fingerprint density at radius 2 is 1.80 bits per heavy atom. The monoisotopic (exact) mass is 294 g/mol. The van der Waals surface area contributed by atoms with Gasteiger partial charge in [0.25, 0.3) is 0 Å². The molecule has 0 bridgehead atoms. The molecule has 0 saturated heterocycles. The molecule has 0 radical (unpaired) electrons. The average molecular weight is 294 g/mol. The fourth-order valence-electron chi connectivity index (χ4n) is 1.83. The van der Waals surface area contributed by atoms with Crippen molar-refractivity contribution >= 4 is 15.9 Å². The Hall–Kier alpha value is -1.87. The normalized spacial score (nSPS) is 11.1. The average Bonchev–Trinajstić information content (AvgIpc) is 2.39. The molecule has 0 aliphatic rings. The van der Waals surface area contributed by atoms with E-state index in [9.17, 15) is 13.2 Å². The van der Waals surface area contributed by atoms with Crippen LogP contribution in [-0.4, -0.2) is 14.3 Å². The maximum atomic E-state index is 11.9. The van der Waals surface area contributed by atoms with Crippen LogP contribution in [0.2, 0.25) is 0 Å². The fourth-order valence-corrected chi connectivity index (χ4v) is 3.00. The van der Waals surface area contributed by atoms with E-state index in [0.717, 1.165) is 0 Å². The third-order valence-corrected chi connectivity index (χ3v) is 4.28. The number of hydrogen-bond acceptors (Lipinski definition) is 4. The topological polar surface area (TPSA) is 87.0 Å². The van der Waals surface area contributed by atoms with Gasteiger partial charge in [-0.25, -0.2) is 8.42 Å². The first kappa shape index (κ1) is 16.2. The summed E-state index contributed by atoms with van der Waals surface area (Å²) in [4.78, 5) is 11.8. The molecule has 6 heteroatoms. The third kappa shape index (κ3) is 4.67. The van der Waals surface area contributed by atoms with E-state index in [1.54, 1.807) is 24.3 Å². The zero-order valence-electron chi connectivity index (χ0n) is 11.6. The molecule has 0 aliphatic carbocycles. The number of sulfonamides is 1. The van der Waals surface area contributed by atoms with E-state index in [0.29, 0.717) is 24.0 Å². The summed E-state index contributed by atoms with van der Waals surface area (Å²) >= 11 is 0. The highest BCUT2D eigenvalue weighted by molar-refractivity contribution is 7.89. The Kier molecular flexibility index (Phi) is 5.71. The standard InChI is InChI=1S/C14H18N2O3S/c1-3-13(4-2)14(17)16-20(18,19)10-12-7-5-11(9-15)6-8-12/h5-8,13H,3-4,10H2,1-2H3,(H,16,17). The van der Waals surface area contributed by atoms with Crippen LogP contribution < -0.4 is 4.72 Å². The lowest BCUT2D eigenvalue weighted by atomic mass is 10.0. The first-order valence-corrected chi connectivity index (χ1v) is 8.10. The number of carbonyl (C=O) groups is 1. The quantitative estimate of drug-likeness (QED) is 0.868. The van der Waals surface area contributed by atoms with E-state index < -0.39 is 15.9 Å². The van der Waals surface area contributed by atoms with E-state index in [-0.39, 0.29) is 11.7 Å². The van der Waals surface area contributed by atoms with Crippen LogP contribution in [0.5, 0.6) is 0 Å². The van der Waals surface area contributed by atoms with Crippen LogP contribution in [0.25, 0.3) is 0 Å². The lowest BCUT2D eigenvalue weighted by Crippen LogP contribution is -2.36. The zero-order chi connectivity index (χ0) is 15.2. The molecule has 5 nitrogen and oxygen atoms in total. The second kappa shape index (κ2) is 7.06. The van der Waals surface area contributed by atoms with Crippen LogP contribution in [0.1, 0.15) is 37.8 Å². The number of benzene rings is 1. The van der Waals surface area contributed by atoms with Crippen molar-refractivity contribution in [3.8, 4) is 6.07 Å². The molecule has 1 N–H and O–H groups in total. The minimum Gasteiger partial charge on any atom is -0.274 e. The number of nitrogens with zero attached hydrogens (tertiary/aromatic N) is 1. The van der Waals surface area contributed by atoms with Gasteiger partial charge < -0.3 is 0 Å². The molecule has 0 spiro atoms. The predicted molar refractivity (Wildman–Crippen MR) is 76.0 cm³/mol. The highest BCUT2D eigenvalue weighted by Crippen LogP contribution is 2.10. The highest BCUT2D eigenvalue weighted by Gasteiger charge is 2.20. The molecular weight excluding hydrogens is 276 g/mol. The van der Waals surface area contributed by atoms with Gasteiger partial charge in [-0.2, -0.15) is 5.26 Å². The van der Waals surface area contributed by atoms with E-state index >= 15 is 0 Å². The smallest absolute Gasteiger partial charge is 0.239 e. The number of nitrogens with one attached hydrogen (secondary N) is 1. The summed E-state index contributed by atoms with van der Waals surface area (Å²) in [5.74, 6) is -1.01. The largest absolute Gasteiger partial charge is 0.274 e. The first-order valence-electron chi connectivity index (χ1n) is 6.45. The molecule has 0 aromatic heterocycles. The molecule has 1 aromatic carbocycles. The summed E-state index contributed by atoms with van der Waals surface area (Å²) in [6.07, 6.45) is 1.21. The SMILES string of the molecule is CCC(CC)C(=O)NS(=O)(=O)Cc1ccc(C#N)cc1. The van der Waals surface area contributed by atoms with Gasteiger partial charge in [0.05, 0.1) is 17.4 Å². The van der Waals surface area contributed by atoms with Crippen molar-refractivity contribution in [1.29, 1.82) is 5.26 Å². The zero-order valence-corrected chi connectivity index (χ0v) is 12.4. The molecule has 0 saturated carbocycles. The van der Waals surface area contributed by atoms with Crippen LogP contribution >= 0.6 is 0 Å². The van der Waals surface area contributed by atoms with Gasteiger partial charge in [-0.15, -0.1) is 0 Å². The van der Waals surface area contributed by atoms with Gasteiger partial charge in [0.2, 0.25) is 15.9 Å². The van der Waals surface area contributed by atoms with Crippen LogP contribution in [0.15, 0.2) is 24.3 Å². The number of carbonyl (C=O) groups excluding carboxylic acids is 1. The van der Waals surface area contributed by atoms with Crippen molar-refractivity contribution in [2.75, 3.05) is 0 Å². The molecule has 0 unspecified atom stereocenters. The number of rotatable bonds is 6. The molecule has 0 fully saturated rings. The molecule has 1 aromatic rings. The van der Waals surface area contributed by atoms with Crippen LogP contribution in [0.4, 0.5) is 0 Å². The maximum Gasteiger partial charge on any atom is 0.239 e. The summed E-state index contributed by atoms with van der Waals surface area (Å²) in [7, 11) is -3.70. The second-order valence-corrected chi connectivity index (χ2v) is 6.27. The van der Waals surface area contributed by atoms with Gasteiger partial charge in [-0.05, 0) is 30.5 Å². The minimum absolute atomic E-state index is 0.273. The van der Waals surface area contributed by atoms with Gasteiger partial charge in [-0.3, -0.25) is 9.52 Å². The van der Waals surface area contributed by atoms with Crippen LogP contribution in [-0.2, 0) is 20.6 Å². The van der Waals surface area contributed by atoms with Crippen LogP contribution in [0.3, 0.4) is 0 Å². The van der Waals surface area contributed by atoms with Gasteiger partial charge >= 0.3 is 0 Å². The summed E-state index contributed by atoms with van der Waals surface area (Å²) in [5.41, 5.74) is 1.00. The summed E-state index contributed by atoms with van der Waals surface area (Å²) in [5, 5.41) is 8.67. The second-order valence-electron chi connectivity index (χ2n) is 4.55. The lowest BCUT2D eigenvalue weighted by Gasteiger charge is -2.13. The maximum absolute atomic E-state index is 11.9. The van der Waals surface area contributed by atoms with E-state index in [1.165, 1.54) is 0 Å². The molecule has 108 valence electrons. The fraction of sp³-hybridized carbons (Fsp3) is 0.429. The molecule has 1 rings (SSSR count). The summed E-state index contributed by atoms with van der Waals surface area (Å²) in [6, 6.07) is 8.20. The van der Waals surface area contributed by atoms with Crippen molar-refractivity contribution in [2.24, 2.45) is 5.92 Å². The number of nitriles is 1. The number of hydrogen-bond donors (Lipinski definition) is 1. The summed E-state index contributed by atoms with van der Waals surface area (Å²) < 4.78 is 25.9. The van der Waals surface area contributed by atoms with Crippen molar-refractivity contribution < 1.29 is 13.2 Å². The first-order chi connectivity index (χ1) is 9.41. The Morgan fingerprint density at radius 1 is 1.25 bits per heavy atom. The van der Waals surface area contributed by atoms with E-state index in [4.69, 9.17) is 5.26 Å². The Morgan fingerprint density at radius 3 is 2.25 bits per heavy atom. The van der Waals surface area contributed by atoms with E-state index in [1.807, 2.05) is 19.9 Å². The van der Waals surface area contributed by atoms with Gasteiger partial charge in [0.1, 0.15) is 0 Å². The van der Waals surface area contributed by atoms with Crippen molar-refractivity contribution in [2.45, 2.75) is 32.4 Å². The molecule has 1 amide bonds. The van der Waals surface area contributed by atoms with Crippen LogP contribution in [0, 0.1) is 17.2 Å². The minimum atomic E-state index is -3.70. The molecule has 20 heavy (non-hydrogen) atoms. The van der Waals surface area contributed by atoms with Gasteiger partial charge in [-0.1, -0.05) is 26.0 Å². The molecular formula is C14H18N2O3S. The molecule has 0 heterocycles. The van der Waals surface area contributed by atoms with Crippen molar-refractivity contribution in [1.82, 2.24) is 4.72 Å². The Balaban J connectivity index is 2.74. The highest BCUT2D eigenvalue weighted by atomic mass is 32.2. The van der Waals surface area contributed by atoms with Crippen molar-refractivity contribution in [3.05, 3.63) is 35.4 Å². The van der Waals surface area contributed by atoms with Gasteiger partial charge in [0.15, 0.2) is 0 Å². The number of amides is 1. The predicted octanol–water partition coefficient (Wildman–Crippen LogP) is 1.94. The van der Waals surface area contributed by atoms with Gasteiger partial charge in [0, 0.05) is 5.92 Å². The van der Waals surface area contributed by atoms with E-state index in [2.05, 4.69) is 4.72 Å². The summed E-state index contributed by atoms with van der Waals surface area (Å²) in [6.45, 7) is 3.70.